The van der Waals surface area contributed by atoms with Crippen molar-refractivity contribution in [3.05, 3.63) is 30.5 Å². The van der Waals surface area contributed by atoms with Gasteiger partial charge in [0.05, 0.1) is 13.2 Å². The minimum atomic E-state index is -0.336. The topological polar surface area (TPSA) is 14.2 Å². The van der Waals surface area contributed by atoms with Crippen LogP contribution in [0.4, 0.5) is 4.39 Å². The minimum Gasteiger partial charge on any atom is -0.494 e. The molecule has 2 nitrogen and oxygen atoms in total. The van der Waals surface area contributed by atoms with Crippen LogP contribution in [0.25, 0.3) is 10.9 Å². The van der Waals surface area contributed by atoms with E-state index >= 15 is 0 Å². The van der Waals surface area contributed by atoms with Crippen LogP contribution in [-0.2, 0) is 6.54 Å². The van der Waals surface area contributed by atoms with Crippen LogP contribution >= 0.6 is 0 Å². The summed E-state index contributed by atoms with van der Waals surface area (Å²) in [5.41, 5.74) is 1.05. The first-order valence-electron chi connectivity index (χ1n) is 5.13. The Morgan fingerprint density at radius 3 is 2.93 bits per heavy atom. The van der Waals surface area contributed by atoms with Gasteiger partial charge in [-0.2, -0.15) is 0 Å². The largest absolute Gasteiger partial charge is 0.494 e. The van der Waals surface area contributed by atoms with Crippen LogP contribution in [0.2, 0.25) is 0 Å². The van der Waals surface area contributed by atoms with Crippen molar-refractivity contribution in [3.8, 4) is 5.75 Å². The van der Waals surface area contributed by atoms with Crippen molar-refractivity contribution in [2.45, 2.75) is 13.5 Å². The highest BCUT2D eigenvalue weighted by atomic mass is 19.1. The third-order valence-electron chi connectivity index (χ3n) is 2.38. The molecular weight excluding hydrogens is 193 g/mol. The Labute approximate surface area is 88.3 Å². The molecule has 2 aromatic rings. The Hall–Kier alpha value is -1.51. The van der Waals surface area contributed by atoms with Crippen molar-refractivity contribution in [1.29, 1.82) is 0 Å². The zero-order valence-corrected chi connectivity index (χ0v) is 8.74. The SMILES string of the molecule is CCOc1ccc2c(ccn2CCF)c1. The lowest BCUT2D eigenvalue weighted by Gasteiger charge is -2.04. The molecule has 0 spiro atoms. The molecule has 80 valence electrons. The average Bonchev–Trinajstić information content (AvgIpc) is 2.62. The van der Waals surface area contributed by atoms with Gasteiger partial charge in [-0.15, -0.1) is 0 Å². The van der Waals surface area contributed by atoms with Crippen LogP contribution in [0, 0.1) is 0 Å². The molecular formula is C12H14FNO. The summed E-state index contributed by atoms with van der Waals surface area (Å²) in [6.45, 7) is 2.70. The molecule has 3 heteroatoms. The van der Waals surface area contributed by atoms with Gasteiger partial charge in [-0.3, -0.25) is 0 Å². The Morgan fingerprint density at radius 2 is 2.20 bits per heavy atom. The maximum Gasteiger partial charge on any atom is 0.120 e. The van der Waals surface area contributed by atoms with E-state index in [2.05, 4.69) is 0 Å². The molecule has 0 amide bonds. The summed E-state index contributed by atoms with van der Waals surface area (Å²) in [4.78, 5) is 0. The Balaban J connectivity index is 2.38. The molecule has 0 saturated heterocycles. The monoisotopic (exact) mass is 207 g/mol. The number of nitrogens with zero attached hydrogens (tertiary/aromatic N) is 1. The number of aromatic nitrogens is 1. The number of aryl methyl sites for hydroxylation is 1. The number of rotatable bonds is 4. The molecule has 1 aromatic heterocycles. The van der Waals surface area contributed by atoms with Crippen LogP contribution in [0.3, 0.4) is 0 Å². The van der Waals surface area contributed by atoms with Crippen molar-refractivity contribution >= 4 is 10.9 Å². The third-order valence-corrected chi connectivity index (χ3v) is 2.38. The van der Waals surface area contributed by atoms with Crippen LogP contribution in [0.5, 0.6) is 5.75 Å². The zero-order chi connectivity index (χ0) is 10.7. The molecule has 0 aliphatic heterocycles. The van der Waals surface area contributed by atoms with E-state index in [0.717, 1.165) is 16.7 Å². The van der Waals surface area contributed by atoms with Gasteiger partial charge in [-0.1, -0.05) is 0 Å². The first-order valence-corrected chi connectivity index (χ1v) is 5.13. The summed E-state index contributed by atoms with van der Waals surface area (Å²) in [6.07, 6.45) is 1.90. The van der Waals surface area contributed by atoms with Gasteiger partial charge in [0.15, 0.2) is 0 Å². The fraction of sp³-hybridized carbons (Fsp3) is 0.333. The number of hydrogen-bond donors (Lipinski definition) is 0. The summed E-state index contributed by atoms with van der Waals surface area (Å²) in [5.74, 6) is 0.864. The summed E-state index contributed by atoms with van der Waals surface area (Å²) < 4.78 is 19.5. The van der Waals surface area contributed by atoms with Crippen LogP contribution < -0.4 is 4.74 Å². The highest BCUT2D eigenvalue weighted by Gasteiger charge is 2.01. The first kappa shape index (κ1) is 10.0. The van der Waals surface area contributed by atoms with E-state index in [1.165, 1.54) is 0 Å². The molecule has 1 aromatic carbocycles. The fourth-order valence-electron chi connectivity index (χ4n) is 1.72. The van der Waals surface area contributed by atoms with Crippen LogP contribution in [0.15, 0.2) is 30.5 Å². The maximum atomic E-state index is 12.2. The number of alkyl halides is 1. The molecule has 0 aliphatic carbocycles. The van der Waals surface area contributed by atoms with Crippen molar-refractivity contribution in [1.82, 2.24) is 4.57 Å². The molecule has 0 fully saturated rings. The van der Waals surface area contributed by atoms with E-state index in [-0.39, 0.29) is 6.67 Å². The van der Waals surface area contributed by atoms with Crippen molar-refractivity contribution in [2.24, 2.45) is 0 Å². The lowest BCUT2D eigenvalue weighted by Crippen LogP contribution is -1.97. The van der Waals surface area contributed by atoms with Gasteiger partial charge < -0.3 is 9.30 Å². The van der Waals surface area contributed by atoms with Crippen molar-refractivity contribution < 1.29 is 9.13 Å². The van der Waals surface area contributed by atoms with Crippen molar-refractivity contribution in [3.63, 3.8) is 0 Å². The zero-order valence-electron chi connectivity index (χ0n) is 8.74. The number of benzene rings is 1. The minimum absolute atomic E-state index is 0.336. The number of ether oxygens (including phenoxy) is 1. The van der Waals surface area contributed by atoms with Crippen LogP contribution in [-0.4, -0.2) is 17.8 Å². The Bertz CT molecular complexity index is 450. The summed E-state index contributed by atoms with van der Waals surface area (Å²) in [6, 6.07) is 7.84. The lowest BCUT2D eigenvalue weighted by molar-refractivity contribution is 0.340. The summed E-state index contributed by atoms with van der Waals surface area (Å²) in [5, 5.41) is 1.09. The Morgan fingerprint density at radius 1 is 1.33 bits per heavy atom. The van der Waals surface area contributed by atoms with Gasteiger partial charge in [0.1, 0.15) is 12.4 Å². The Kier molecular flexibility index (Phi) is 2.90. The normalized spacial score (nSPS) is 10.8. The summed E-state index contributed by atoms with van der Waals surface area (Å²) in [7, 11) is 0. The van der Waals surface area contributed by atoms with E-state index in [0.29, 0.717) is 13.2 Å². The predicted octanol–water partition coefficient (Wildman–Crippen LogP) is 3.01. The van der Waals surface area contributed by atoms with E-state index in [1.54, 1.807) is 0 Å². The molecule has 15 heavy (non-hydrogen) atoms. The quantitative estimate of drug-likeness (QED) is 0.751. The summed E-state index contributed by atoms with van der Waals surface area (Å²) >= 11 is 0. The van der Waals surface area contributed by atoms with Gasteiger partial charge in [0, 0.05) is 17.1 Å². The highest BCUT2D eigenvalue weighted by molar-refractivity contribution is 5.81. The molecule has 0 saturated carbocycles. The lowest BCUT2D eigenvalue weighted by atomic mass is 10.2. The van der Waals surface area contributed by atoms with Gasteiger partial charge in [-0.25, -0.2) is 4.39 Å². The molecule has 0 N–H and O–H groups in total. The van der Waals surface area contributed by atoms with Crippen LogP contribution in [0.1, 0.15) is 6.92 Å². The van der Waals surface area contributed by atoms with E-state index in [4.69, 9.17) is 4.74 Å². The van der Waals surface area contributed by atoms with E-state index in [1.807, 2.05) is 42.0 Å². The second-order valence-electron chi connectivity index (χ2n) is 3.35. The average molecular weight is 207 g/mol. The molecule has 2 rings (SSSR count). The predicted molar refractivity (Wildman–Crippen MR) is 59.1 cm³/mol. The molecule has 1 heterocycles. The van der Waals surface area contributed by atoms with Gasteiger partial charge in [0.2, 0.25) is 0 Å². The third kappa shape index (κ3) is 1.96. The van der Waals surface area contributed by atoms with Gasteiger partial charge >= 0.3 is 0 Å². The number of halogens is 1. The number of fused-ring (bicyclic) bond motifs is 1. The van der Waals surface area contributed by atoms with Gasteiger partial charge in [-0.05, 0) is 31.2 Å². The molecule has 0 radical (unpaired) electrons. The standard InChI is InChI=1S/C12H14FNO/c1-2-15-11-3-4-12-10(9-11)5-7-14(12)8-6-13/h3-5,7,9H,2,6,8H2,1H3. The van der Waals surface area contributed by atoms with E-state index in [9.17, 15) is 4.39 Å². The maximum absolute atomic E-state index is 12.2. The first-order chi connectivity index (χ1) is 7.35. The van der Waals surface area contributed by atoms with Crippen molar-refractivity contribution in [2.75, 3.05) is 13.3 Å². The second kappa shape index (κ2) is 4.34. The molecule has 0 aliphatic rings. The fourth-order valence-corrected chi connectivity index (χ4v) is 1.72. The van der Waals surface area contributed by atoms with Gasteiger partial charge in [0.25, 0.3) is 0 Å². The molecule has 0 bridgehead atoms. The second-order valence-corrected chi connectivity index (χ2v) is 3.35. The molecule has 0 atom stereocenters. The number of hydrogen-bond acceptors (Lipinski definition) is 1. The van der Waals surface area contributed by atoms with E-state index < -0.39 is 0 Å². The molecule has 0 unspecified atom stereocenters. The highest BCUT2D eigenvalue weighted by Crippen LogP contribution is 2.21. The smallest absolute Gasteiger partial charge is 0.120 e.